The molecule has 0 rings (SSSR count). The van der Waals surface area contributed by atoms with Crippen LogP contribution in [0, 0.1) is 11.8 Å². The Balaban J connectivity index is 3.14. The molecule has 0 saturated carbocycles. The summed E-state index contributed by atoms with van der Waals surface area (Å²) in [6.07, 6.45) is 2.13. The molecule has 0 aliphatic heterocycles. The minimum atomic E-state index is 0.696. The van der Waals surface area contributed by atoms with Crippen molar-refractivity contribution >= 4 is 0 Å². The summed E-state index contributed by atoms with van der Waals surface area (Å²) in [5.41, 5.74) is 0. The van der Waals surface area contributed by atoms with Crippen LogP contribution in [-0.2, 0) is 9.47 Å². The molecule has 0 bridgehead atoms. The van der Waals surface area contributed by atoms with E-state index in [1.165, 1.54) is 0 Å². The first-order chi connectivity index (χ1) is 7.66. The first-order valence-electron chi connectivity index (χ1n) is 6.44. The summed E-state index contributed by atoms with van der Waals surface area (Å²) in [6.45, 7) is 11.4. The number of methoxy groups -OCH3 is 1. The minimum absolute atomic E-state index is 0.696. The summed E-state index contributed by atoms with van der Waals surface area (Å²) < 4.78 is 10.5. The Bertz CT molecular complexity index is 140. The van der Waals surface area contributed by atoms with Gasteiger partial charge in [0.2, 0.25) is 0 Å². The molecule has 0 aliphatic rings. The van der Waals surface area contributed by atoms with Crippen LogP contribution in [0.15, 0.2) is 0 Å². The van der Waals surface area contributed by atoms with Crippen molar-refractivity contribution in [1.29, 1.82) is 0 Å². The van der Waals surface area contributed by atoms with Gasteiger partial charge in [0.25, 0.3) is 0 Å². The van der Waals surface area contributed by atoms with Gasteiger partial charge in [-0.25, -0.2) is 0 Å². The van der Waals surface area contributed by atoms with Crippen molar-refractivity contribution in [2.75, 3.05) is 40.0 Å². The Kier molecular flexibility index (Phi) is 11.3. The number of hydrogen-bond acceptors (Lipinski definition) is 3. The van der Waals surface area contributed by atoms with Crippen molar-refractivity contribution in [3.63, 3.8) is 0 Å². The quantitative estimate of drug-likeness (QED) is 0.554. The molecule has 1 N–H and O–H groups in total. The predicted octanol–water partition coefficient (Wildman–Crippen LogP) is 2.31. The van der Waals surface area contributed by atoms with Gasteiger partial charge in [0.05, 0.1) is 0 Å². The third-order valence-electron chi connectivity index (χ3n) is 2.44. The standard InChI is InChI=1S/C13H29NO2/c1-12(2)10-14-11-13(3)6-9-16-8-5-7-15-4/h12-14H,5-11H2,1-4H3. The lowest BCUT2D eigenvalue weighted by atomic mass is 10.1. The van der Waals surface area contributed by atoms with Gasteiger partial charge in [0, 0.05) is 26.9 Å². The van der Waals surface area contributed by atoms with E-state index in [9.17, 15) is 0 Å². The van der Waals surface area contributed by atoms with Gasteiger partial charge < -0.3 is 14.8 Å². The summed E-state index contributed by atoms with van der Waals surface area (Å²) in [5.74, 6) is 1.43. The smallest absolute Gasteiger partial charge is 0.0487 e. The maximum atomic E-state index is 5.53. The van der Waals surface area contributed by atoms with E-state index >= 15 is 0 Å². The predicted molar refractivity (Wildman–Crippen MR) is 68.8 cm³/mol. The van der Waals surface area contributed by atoms with Crippen molar-refractivity contribution in [1.82, 2.24) is 5.32 Å². The van der Waals surface area contributed by atoms with Crippen LogP contribution < -0.4 is 5.32 Å². The molecule has 0 heterocycles. The number of ether oxygens (including phenoxy) is 2. The van der Waals surface area contributed by atoms with E-state index < -0.39 is 0 Å². The van der Waals surface area contributed by atoms with E-state index in [4.69, 9.17) is 9.47 Å². The first kappa shape index (κ1) is 15.9. The van der Waals surface area contributed by atoms with Crippen LogP contribution in [0.2, 0.25) is 0 Å². The molecule has 0 spiro atoms. The zero-order valence-electron chi connectivity index (χ0n) is 11.4. The van der Waals surface area contributed by atoms with Crippen LogP contribution in [0.25, 0.3) is 0 Å². The van der Waals surface area contributed by atoms with E-state index in [0.29, 0.717) is 5.92 Å². The second-order valence-electron chi connectivity index (χ2n) is 4.90. The van der Waals surface area contributed by atoms with Gasteiger partial charge in [-0.1, -0.05) is 20.8 Å². The van der Waals surface area contributed by atoms with Crippen LogP contribution in [0.5, 0.6) is 0 Å². The molecule has 0 fully saturated rings. The molecule has 0 aromatic rings. The third-order valence-corrected chi connectivity index (χ3v) is 2.44. The van der Waals surface area contributed by atoms with E-state index in [-0.39, 0.29) is 0 Å². The van der Waals surface area contributed by atoms with Gasteiger partial charge in [-0.05, 0) is 37.8 Å². The summed E-state index contributed by atoms with van der Waals surface area (Å²) in [5, 5.41) is 3.47. The van der Waals surface area contributed by atoms with Gasteiger partial charge in [-0.15, -0.1) is 0 Å². The molecule has 0 radical (unpaired) electrons. The monoisotopic (exact) mass is 231 g/mol. The van der Waals surface area contributed by atoms with E-state index in [1.807, 2.05) is 0 Å². The number of rotatable bonds is 11. The molecule has 1 unspecified atom stereocenters. The Morgan fingerprint density at radius 3 is 2.38 bits per heavy atom. The molecule has 98 valence electrons. The largest absolute Gasteiger partial charge is 0.385 e. The Hall–Kier alpha value is -0.120. The van der Waals surface area contributed by atoms with Crippen LogP contribution in [0.4, 0.5) is 0 Å². The summed E-state index contributed by atoms with van der Waals surface area (Å²) >= 11 is 0. The van der Waals surface area contributed by atoms with Gasteiger partial charge in [-0.3, -0.25) is 0 Å². The topological polar surface area (TPSA) is 30.5 Å². The molecule has 0 aliphatic carbocycles. The molecule has 16 heavy (non-hydrogen) atoms. The van der Waals surface area contributed by atoms with Crippen molar-refractivity contribution < 1.29 is 9.47 Å². The molecule has 0 amide bonds. The highest BCUT2D eigenvalue weighted by Crippen LogP contribution is 2.01. The van der Waals surface area contributed by atoms with Crippen molar-refractivity contribution in [3.8, 4) is 0 Å². The maximum Gasteiger partial charge on any atom is 0.0487 e. The van der Waals surface area contributed by atoms with Gasteiger partial charge >= 0.3 is 0 Å². The second-order valence-corrected chi connectivity index (χ2v) is 4.90. The van der Waals surface area contributed by atoms with Crippen molar-refractivity contribution in [2.45, 2.75) is 33.6 Å². The molecule has 3 heteroatoms. The Labute approximate surface area is 101 Å². The van der Waals surface area contributed by atoms with Crippen LogP contribution in [0.1, 0.15) is 33.6 Å². The molecule has 3 nitrogen and oxygen atoms in total. The summed E-state index contributed by atoms with van der Waals surface area (Å²) in [4.78, 5) is 0. The third kappa shape index (κ3) is 12.0. The Morgan fingerprint density at radius 1 is 1.00 bits per heavy atom. The lowest BCUT2D eigenvalue weighted by molar-refractivity contribution is 0.0948. The molecule has 1 atom stereocenters. The molecule has 0 aromatic heterocycles. The van der Waals surface area contributed by atoms with E-state index in [2.05, 4.69) is 26.1 Å². The zero-order valence-corrected chi connectivity index (χ0v) is 11.4. The van der Waals surface area contributed by atoms with Gasteiger partial charge in [0.15, 0.2) is 0 Å². The number of nitrogens with one attached hydrogen (secondary N) is 1. The fourth-order valence-electron chi connectivity index (χ4n) is 1.41. The highest BCUT2D eigenvalue weighted by molar-refractivity contribution is 4.58. The molecule has 0 saturated heterocycles. The highest BCUT2D eigenvalue weighted by atomic mass is 16.5. The lowest BCUT2D eigenvalue weighted by Gasteiger charge is -2.14. The summed E-state index contributed by atoms with van der Waals surface area (Å²) in [7, 11) is 1.72. The van der Waals surface area contributed by atoms with Crippen LogP contribution in [-0.4, -0.2) is 40.0 Å². The van der Waals surface area contributed by atoms with Crippen LogP contribution in [0.3, 0.4) is 0 Å². The average Bonchev–Trinajstić information content (AvgIpc) is 2.22. The lowest BCUT2D eigenvalue weighted by Crippen LogP contribution is -2.25. The fourth-order valence-corrected chi connectivity index (χ4v) is 1.41. The van der Waals surface area contributed by atoms with Crippen molar-refractivity contribution in [2.24, 2.45) is 11.8 Å². The first-order valence-corrected chi connectivity index (χ1v) is 6.44. The fraction of sp³-hybridized carbons (Fsp3) is 1.00. The van der Waals surface area contributed by atoms with E-state index in [1.54, 1.807) is 7.11 Å². The normalized spacial score (nSPS) is 13.3. The van der Waals surface area contributed by atoms with Gasteiger partial charge in [0.1, 0.15) is 0 Å². The highest BCUT2D eigenvalue weighted by Gasteiger charge is 2.02. The van der Waals surface area contributed by atoms with Crippen LogP contribution >= 0.6 is 0 Å². The maximum absolute atomic E-state index is 5.53. The van der Waals surface area contributed by atoms with Gasteiger partial charge in [-0.2, -0.15) is 0 Å². The zero-order chi connectivity index (χ0) is 12.2. The summed E-state index contributed by atoms with van der Waals surface area (Å²) in [6, 6.07) is 0. The molecule has 0 aromatic carbocycles. The molecular formula is C13H29NO2. The average molecular weight is 231 g/mol. The SMILES string of the molecule is COCCCOCCC(C)CNCC(C)C. The Morgan fingerprint density at radius 2 is 1.75 bits per heavy atom. The van der Waals surface area contributed by atoms with Crippen molar-refractivity contribution in [3.05, 3.63) is 0 Å². The molecular weight excluding hydrogens is 202 g/mol. The second kappa shape index (κ2) is 11.4. The number of hydrogen-bond donors (Lipinski definition) is 1. The van der Waals surface area contributed by atoms with E-state index in [0.717, 1.165) is 51.7 Å². The minimum Gasteiger partial charge on any atom is -0.385 e.